The van der Waals surface area contributed by atoms with E-state index in [-0.39, 0.29) is 23.0 Å². The van der Waals surface area contributed by atoms with Crippen LogP contribution in [0.5, 0.6) is 0 Å². The first-order chi connectivity index (χ1) is 9.47. The molecule has 0 spiro atoms. The van der Waals surface area contributed by atoms with E-state index < -0.39 is 5.97 Å². The van der Waals surface area contributed by atoms with Gasteiger partial charge in [-0.15, -0.1) is 0 Å². The number of nitrogen functional groups attached to an aromatic ring is 1. The van der Waals surface area contributed by atoms with Crippen molar-refractivity contribution in [2.75, 3.05) is 5.73 Å². The van der Waals surface area contributed by atoms with Crippen LogP contribution in [0.3, 0.4) is 0 Å². The van der Waals surface area contributed by atoms with Crippen LogP contribution in [0.25, 0.3) is 0 Å². The Balaban J connectivity index is 2.10. The molecule has 0 saturated carbocycles. The molecule has 0 radical (unpaired) electrons. The van der Waals surface area contributed by atoms with E-state index in [0.717, 1.165) is 11.1 Å². The number of aryl methyl sites for hydroxylation is 1. The van der Waals surface area contributed by atoms with E-state index in [9.17, 15) is 9.18 Å². The summed E-state index contributed by atoms with van der Waals surface area (Å²) in [4.78, 5) is 11.9. The summed E-state index contributed by atoms with van der Waals surface area (Å²) in [6.45, 7) is 1.80. The standard InChI is InChI=1S/C15H13ClFNO2/c1-9-6-11(17)3-2-10(9)8-20-15(19)13-7-12(18)4-5-14(13)16/h2-7H,8,18H2,1H3. The molecular weight excluding hydrogens is 281 g/mol. The van der Waals surface area contributed by atoms with Gasteiger partial charge in [0, 0.05) is 5.69 Å². The van der Waals surface area contributed by atoms with E-state index in [1.807, 2.05) is 0 Å². The number of nitrogens with two attached hydrogens (primary N) is 1. The number of anilines is 1. The minimum absolute atomic E-state index is 0.0517. The van der Waals surface area contributed by atoms with Gasteiger partial charge in [-0.1, -0.05) is 17.7 Å². The number of carbonyl (C=O) groups is 1. The Morgan fingerprint density at radius 3 is 2.75 bits per heavy atom. The van der Waals surface area contributed by atoms with Crippen LogP contribution < -0.4 is 5.73 Å². The SMILES string of the molecule is Cc1cc(F)ccc1COC(=O)c1cc(N)ccc1Cl. The zero-order valence-corrected chi connectivity index (χ0v) is 11.6. The minimum Gasteiger partial charge on any atom is -0.457 e. The molecule has 3 nitrogen and oxygen atoms in total. The van der Waals surface area contributed by atoms with Gasteiger partial charge in [0.1, 0.15) is 12.4 Å². The summed E-state index contributed by atoms with van der Waals surface area (Å²) < 4.78 is 18.1. The Kier molecular flexibility index (Phi) is 4.25. The normalized spacial score (nSPS) is 10.3. The molecule has 0 aromatic heterocycles. The van der Waals surface area contributed by atoms with Crippen LogP contribution in [-0.2, 0) is 11.3 Å². The first-order valence-electron chi connectivity index (χ1n) is 5.94. The second-order valence-electron chi connectivity index (χ2n) is 4.39. The minimum atomic E-state index is -0.564. The van der Waals surface area contributed by atoms with Crippen molar-refractivity contribution in [2.24, 2.45) is 0 Å². The lowest BCUT2D eigenvalue weighted by molar-refractivity contribution is 0.0472. The van der Waals surface area contributed by atoms with E-state index in [0.29, 0.717) is 5.69 Å². The monoisotopic (exact) mass is 293 g/mol. The summed E-state index contributed by atoms with van der Waals surface area (Å²) >= 11 is 5.92. The van der Waals surface area contributed by atoms with E-state index >= 15 is 0 Å². The third-order valence-corrected chi connectivity index (χ3v) is 3.20. The first-order valence-corrected chi connectivity index (χ1v) is 6.32. The van der Waals surface area contributed by atoms with Gasteiger partial charge in [0.25, 0.3) is 0 Å². The smallest absolute Gasteiger partial charge is 0.340 e. The number of hydrogen-bond acceptors (Lipinski definition) is 3. The second-order valence-corrected chi connectivity index (χ2v) is 4.79. The van der Waals surface area contributed by atoms with Crippen molar-refractivity contribution in [3.8, 4) is 0 Å². The van der Waals surface area contributed by atoms with Crippen LogP contribution in [0.4, 0.5) is 10.1 Å². The van der Waals surface area contributed by atoms with Crippen LogP contribution >= 0.6 is 11.6 Å². The number of rotatable bonds is 3. The maximum absolute atomic E-state index is 13.0. The van der Waals surface area contributed by atoms with Gasteiger partial charge in [0.15, 0.2) is 0 Å². The lowest BCUT2D eigenvalue weighted by Gasteiger charge is -2.09. The quantitative estimate of drug-likeness (QED) is 0.693. The molecule has 0 aliphatic carbocycles. The molecule has 0 unspecified atom stereocenters. The lowest BCUT2D eigenvalue weighted by atomic mass is 10.1. The molecule has 2 N–H and O–H groups in total. The third kappa shape index (κ3) is 3.27. The van der Waals surface area contributed by atoms with Crippen LogP contribution in [0, 0.1) is 12.7 Å². The van der Waals surface area contributed by atoms with Crippen molar-refractivity contribution in [2.45, 2.75) is 13.5 Å². The highest BCUT2D eigenvalue weighted by Gasteiger charge is 2.13. The van der Waals surface area contributed by atoms with Gasteiger partial charge in [0.2, 0.25) is 0 Å². The topological polar surface area (TPSA) is 52.3 Å². The average molecular weight is 294 g/mol. The molecule has 104 valence electrons. The molecule has 0 atom stereocenters. The lowest BCUT2D eigenvalue weighted by Crippen LogP contribution is -2.07. The number of ether oxygens (including phenoxy) is 1. The fourth-order valence-corrected chi connectivity index (χ4v) is 1.94. The van der Waals surface area contributed by atoms with E-state index in [4.69, 9.17) is 22.1 Å². The number of hydrogen-bond donors (Lipinski definition) is 1. The van der Waals surface area contributed by atoms with Crippen molar-refractivity contribution in [1.82, 2.24) is 0 Å². The third-order valence-electron chi connectivity index (χ3n) is 2.87. The first kappa shape index (κ1) is 14.3. The highest BCUT2D eigenvalue weighted by Crippen LogP contribution is 2.20. The molecule has 0 fully saturated rings. The summed E-state index contributed by atoms with van der Waals surface area (Å²) in [6, 6.07) is 8.89. The van der Waals surface area contributed by atoms with Gasteiger partial charge in [-0.3, -0.25) is 0 Å². The summed E-state index contributed by atoms with van der Waals surface area (Å²) in [5, 5.41) is 0.278. The van der Waals surface area contributed by atoms with Crippen molar-refractivity contribution >= 4 is 23.3 Å². The van der Waals surface area contributed by atoms with Crippen molar-refractivity contribution < 1.29 is 13.9 Å². The fraction of sp³-hybridized carbons (Fsp3) is 0.133. The Morgan fingerprint density at radius 2 is 2.05 bits per heavy atom. The number of benzene rings is 2. The molecule has 0 bridgehead atoms. The van der Waals surface area contributed by atoms with Gasteiger partial charge in [-0.25, -0.2) is 9.18 Å². The van der Waals surface area contributed by atoms with Gasteiger partial charge >= 0.3 is 5.97 Å². The Labute approximate surface area is 121 Å². The molecule has 0 aliphatic heterocycles. The van der Waals surface area contributed by atoms with Crippen molar-refractivity contribution in [3.63, 3.8) is 0 Å². The van der Waals surface area contributed by atoms with Crippen LogP contribution in [-0.4, -0.2) is 5.97 Å². The van der Waals surface area contributed by atoms with E-state index in [1.54, 1.807) is 19.1 Å². The molecule has 5 heteroatoms. The zero-order valence-electron chi connectivity index (χ0n) is 10.8. The summed E-state index contributed by atoms with van der Waals surface area (Å²) in [5.74, 6) is -0.887. The van der Waals surface area contributed by atoms with E-state index in [2.05, 4.69) is 0 Å². The predicted octanol–water partition coefficient (Wildman–Crippen LogP) is 3.73. The molecule has 2 aromatic carbocycles. The summed E-state index contributed by atoms with van der Waals surface area (Å²) in [7, 11) is 0. The molecule has 2 aromatic rings. The molecule has 20 heavy (non-hydrogen) atoms. The van der Waals surface area contributed by atoms with Crippen LogP contribution in [0.1, 0.15) is 21.5 Å². The molecule has 2 rings (SSSR count). The Bertz CT molecular complexity index is 658. The van der Waals surface area contributed by atoms with Gasteiger partial charge in [-0.05, 0) is 48.4 Å². The highest BCUT2D eigenvalue weighted by molar-refractivity contribution is 6.33. The van der Waals surface area contributed by atoms with Crippen LogP contribution in [0.2, 0.25) is 5.02 Å². The Hall–Kier alpha value is -2.07. The molecule has 0 amide bonds. The highest BCUT2D eigenvalue weighted by atomic mass is 35.5. The predicted molar refractivity (Wildman–Crippen MR) is 76.1 cm³/mol. The number of carbonyl (C=O) groups excluding carboxylic acids is 1. The largest absolute Gasteiger partial charge is 0.457 e. The molecule has 0 saturated heterocycles. The zero-order chi connectivity index (χ0) is 14.7. The van der Waals surface area contributed by atoms with Gasteiger partial charge < -0.3 is 10.5 Å². The maximum Gasteiger partial charge on any atom is 0.340 e. The van der Waals surface area contributed by atoms with Crippen molar-refractivity contribution in [3.05, 3.63) is 63.9 Å². The average Bonchev–Trinajstić information content (AvgIpc) is 2.40. The van der Waals surface area contributed by atoms with E-state index in [1.165, 1.54) is 24.3 Å². The molecule has 0 heterocycles. The Morgan fingerprint density at radius 1 is 1.30 bits per heavy atom. The number of halogens is 2. The van der Waals surface area contributed by atoms with Crippen LogP contribution in [0.15, 0.2) is 36.4 Å². The molecule has 0 aliphatic rings. The molecular formula is C15H13ClFNO2. The van der Waals surface area contributed by atoms with Crippen molar-refractivity contribution in [1.29, 1.82) is 0 Å². The van der Waals surface area contributed by atoms with Gasteiger partial charge in [-0.2, -0.15) is 0 Å². The maximum atomic E-state index is 13.0. The summed E-state index contributed by atoms with van der Waals surface area (Å²) in [5.41, 5.74) is 7.70. The second kappa shape index (κ2) is 5.92. The van der Waals surface area contributed by atoms with Gasteiger partial charge in [0.05, 0.1) is 10.6 Å². The number of esters is 1. The fourth-order valence-electron chi connectivity index (χ4n) is 1.74. The summed E-state index contributed by atoms with van der Waals surface area (Å²) in [6.07, 6.45) is 0.